The first-order chi connectivity index (χ1) is 14.6. The van der Waals surface area contributed by atoms with Gasteiger partial charge >= 0.3 is 5.97 Å². The second-order valence-electron chi connectivity index (χ2n) is 7.08. The number of carboxylic acid groups (broad SMARTS) is 1. The third-order valence-electron chi connectivity index (χ3n) is 5.06. The van der Waals surface area contributed by atoms with Crippen molar-refractivity contribution < 1.29 is 19.4 Å². The minimum atomic E-state index is -1.03. The minimum Gasteiger partial charge on any atom is -0.482 e. The molecule has 152 valence electrons. The largest absolute Gasteiger partial charge is 0.482 e. The summed E-state index contributed by atoms with van der Waals surface area (Å²) in [6.45, 7) is 0.169. The summed E-state index contributed by atoms with van der Waals surface area (Å²) in [6, 6.07) is 24.7. The number of ether oxygens (including phenoxy) is 1. The molecule has 0 fully saturated rings. The van der Waals surface area contributed by atoms with Crippen molar-refractivity contribution in [2.45, 2.75) is 12.6 Å². The monoisotopic (exact) mass is 402 g/mol. The van der Waals surface area contributed by atoms with Crippen molar-refractivity contribution in [3.8, 4) is 5.75 Å². The highest BCUT2D eigenvalue weighted by Crippen LogP contribution is 2.33. The van der Waals surface area contributed by atoms with Crippen LogP contribution in [-0.4, -0.2) is 35.0 Å². The Morgan fingerprint density at radius 1 is 0.967 bits per heavy atom. The van der Waals surface area contributed by atoms with Crippen LogP contribution in [0.4, 0.5) is 5.69 Å². The highest BCUT2D eigenvalue weighted by molar-refractivity contribution is 6.01. The second-order valence-corrected chi connectivity index (χ2v) is 7.08. The predicted octanol–water partition coefficient (Wildman–Crippen LogP) is 3.96. The summed E-state index contributed by atoms with van der Waals surface area (Å²) in [7, 11) is 0. The van der Waals surface area contributed by atoms with Crippen LogP contribution in [0.3, 0.4) is 0 Å². The van der Waals surface area contributed by atoms with E-state index in [1.807, 2.05) is 59.5 Å². The van der Waals surface area contributed by atoms with Crippen LogP contribution in [0, 0.1) is 0 Å². The average Bonchev–Trinajstić information content (AvgIpc) is 2.78. The first-order valence-electron chi connectivity index (χ1n) is 9.77. The number of hydrogen-bond acceptors (Lipinski definition) is 4. The van der Waals surface area contributed by atoms with Crippen LogP contribution in [0.1, 0.15) is 27.7 Å². The summed E-state index contributed by atoms with van der Waals surface area (Å²) in [6.07, 6.45) is 0.414. The Kier molecular flexibility index (Phi) is 5.66. The molecule has 3 aromatic rings. The van der Waals surface area contributed by atoms with Gasteiger partial charge in [-0.05, 0) is 41.8 Å². The number of nitrogens with zero attached hydrogens (tertiary/aromatic N) is 1. The number of nitrogens with one attached hydrogen (secondary N) is 1. The molecule has 30 heavy (non-hydrogen) atoms. The van der Waals surface area contributed by atoms with Gasteiger partial charge in [-0.1, -0.05) is 54.6 Å². The van der Waals surface area contributed by atoms with E-state index >= 15 is 0 Å². The number of hydrogen-bond donors (Lipinski definition) is 2. The Balaban J connectivity index is 1.59. The molecule has 3 aromatic carbocycles. The van der Waals surface area contributed by atoms with Crippen molar-refractivity contribution in [1.82, 2.24) is 4.90 Å². The lowest BCUT2D eigenvalue weighted by atomic mass is 10.0. The summed E-state index contributed by atoms with van der Waals surface area (Å²) < 4.78 is 5.22. The zero-order valence-electron chi connectivity index (χ0n) is 16.3. The van der Waals surface area contributed by atoms with Gasteiger partial charge in [0.15, 0.2) is 6.61 Å². The molecule has 0 unspecified atom stereocenters. The summed E-state index contributed by atoms with van der Waals surface area (Å²) in [5.74, 6) is -0.571. The molecular weight excluding hydrogens is 380 g/mol. The number of para-hydroxylation sites is 1. The van der Waals surface area contributed by atoms with E-state index in [4.69, 9.17) is 9.84 Å². The molecule has 1 aliphatic rings. The van der Waals surface area contributed by atoms with Crippen molar-refractivity contribution in [2.75, 3.05) is 18.5 Å². The predicted molar refractivity (Wildman–Crippen MR) is 114 cm³/mol. The summed E-state index contributed by atoms with van der Waals surface area (Å²) in [5, 5.41) is 12.2. The molecule has 0 saturated heterocycles. The van der Waals surface area contributed by atoms with Gasteiger partial charge in [0.05, 0.1) is 5.56 Å². The Morgan fingerprint density at radius 3 is 2.40 bits per heavy atom. The maximum atomic E-state index is 13.3. The highest BCUT2D eigenvalue weighted by Gasteiger charge is 2.32. The molecule has 0 bridgehead atoms. The molecule has 6 nitrogen and oxygen atoms in total. The van der Waals surface area contributed by atoms with Gasteiger partial charge in [-0.25, -0.2) is 4.79 Å². The molecular formula is C24H22N2O4. The van der Waals surface area contributed by atoms with E-state index in [2.05, 4.69) is 17.4 Å². The van der Waals surface area contributed by atoms with Crippen LogP contribution in [-0.2, 0) is 11.2 Å². The zero-order chi connectivity index (χ0) is 20.9. The SMILES string of the molecule is O=C(O)COc1ccc([C@H]2Nc3ccccc3C(=O)N2CCc2ccccc2)cc1. The smallest absolute Gasteiger partial charge is 0.341 e. The first kappa shape index (κ1) is 19.5. The molecule has 4 rings (SSSR count). The number of fused-ring (bicyclic) bond motifs is 1. The third kappa shape index (κ3) is 4.27. The van der Waals surface area contributed by atoms with Crippen molar-refractivity contribution in [3.63, 3.8) is 0 Å². The molecule has 6 heteroatoms. The van der Waals surface area contributed by atoms with Gasteiger partial charge in [0, 0.05) is 12.2 Å². The maximum absolute atomic E-state index is 13.3. The number of carbonyl (C=O) groups excluding carboxylic acids is 1. The normalized spacial score (nSPS) is 15.3. The van der Waals surface area contributed by atoms with Gasteiger partial charge in [-0.3, -0.25) is 4.79 Å². The number of carboxylic acids is 1. The van der Waals surface area contributed by atoms with E-state index in [0.29, 0.717) is 17.9 Å². The zero-order valence-corrected chi connectivity index (χ0v) is 16.3. The van der Waals surface area contributed by atoms with E-state index in [1.165, 1.54) is 5.56 Å². The van der Waals surface area contributed by atoms with Gasteiger partial charge in [-0.2, -0.15) is 0 Å². The van der Waals surface area contributed by atoms with E-state index in [9.17, 15) is 9.59 Å². The fourth-order valence-electron chi connectivity index (χ4n) is 3.57. The molecule has 0 saturated carbocycles. The molecule has 1 aliphatic heterocycles. The first-order valence-corrected chi connectivity index (χ1v) is 9.77. The van der Waals surface area contributed by atoms with E-state index in [0.717, 1.165) is 17.7 Å². The number of benzene rings is 3. The maximum Gasteiger partial charge on any atom is 0.341 e. The van der Waals surface area contributed by atoms with Gasteiger partial charge in [-0.15, -0.1) is 0 Å². The number of rotatable bonds is 7. The Hall–Kier alpha value is -3.80. The summed E-state index contributed by atoms with van der Waals surface area (Å²) in [5.41, 5.74) is 3.52. The van der Waals surface area contributed by atoms with Crippen molar-refractivity contribution >= 4 is 17.6 Å². The van der Waals surface area contributed by atoms with Crippen LogP contribution in [0.5, 0.6) is 5.75 Å². The second kappa shape index (κ2) is 8.69. The lowest BCUT2D eigenvalue weighted by molar-refractivity contribution is -0.139. The Morgan fingerprint density at radius 2 is 1.67 bits per heavy atom. The number of carbonyl (C=O) groups is 2. The molecule has 2 N–H and O–H groups in total. The quantitative estimate of drug-likeness (QED) is 0.625. The summed E-state index contributed by atoms with van der Waals surface area (Å²) in [4.78, 5) is 25.8. The molecule has 1 amide bonds. The molecule has 0 spiro atoms. The fourth-order valence-corrected chi connectivity index (χ4v) is 3.57. The van der Waals surface area contributed by atoms with Crippen LogP contribution in [0.15, 0.2) is 78.9 Å². The van der Waals surface area contributed by atoms with Crippen molar-refractivity contribution in [1.29, 1.82) is 0 Å². The van der Waals surface area contributed by atoms with E-state index in [1.54, 1.807) is 12.1 Å². The average molecular weight is 402 g/mol. The molecule has 0 aromatic heterocycles. The molecule has 0 aliphatic carbocycles. The summed E-state index contributed by atoms with van der Waals surface area (Å²) >= 11 is 0. The topological polar surface area (TPSA) is 78.9 Å². The van der Waals surface area contributed by atoms with Crippen LogP contribution >= 0.6 is 0 Å². The Bertz CT molecular complexity index is 1030. The van der Waals surface area contributed by atoms with Crippen molar-refractivity contribution in [2.24, 2.45) is 0 Å². The molecule has 1 heterocycles. The fraction of sp³-hybridized carbons (Fsp3) is 0.167. The van der Waals surface area contributed by atoms with E-state index < -0.39 is 12.6 Å². The lowest BCUT2D eigenvalue weighted by Crippen LogP contribution is -2.43. The van der Waals surface area contributed by atoms with Crippen LogP contribution in [0.2, 0.25) is 0 Å². The number of amides is 1. The van der Waals surface area contributed by atoms with Gasteiger partial charge in [0.1, 0.15) is 11.9 Å². The molecule has 1 atom stereocenters. The van der Waals surface area contributed by atoms with Gasteiger partial charge in [0.2, 0.25) is 0 Å². The van der Waals surface area contributed by atoms with Gasteiger partial charge in [0.25, 0.3) is 5.91 Å². The lowest BCUT2D eigenvalue weighted by Gasteiger charge is -2.38. The minimum absolute atomic E-state index is 0.0171. The molecule has 0 radical (unpaired) electrons. The third-order valence-corrected chi connectivity index (χ3v) is 5.06. The van der Waals surface area contributed by atoms with E-state index in [-0.39, 0.29) is 12.1 Å². The number of aliphatic carboxylic acids is 1. The Labute approximate surface area is 174 Å². The number of anilines is 1. The standard InChI is InChI=1S/C24H22N2O4/c27-22(28)16-30-19-12-10-18(11-13-19)23-25-21-9-5-4-8-20(21)24(29)26(23)15-14-17-6-2-1-3-7-17/h1-13,23,25H,14-16H2,(H,27,28)/t23-/m0/s1. The van der Waals surface area contributed by atoms with Crippen LogP contribution in [0.25, 0.3) is 0 Å². The van der Waals surface area contributed by atoms with Gasteiger partial charge < -0.3 is 20.1 Å². The highest BCUT2D eigenvalue weighted by atomic mass is 16.5. The van der Waals surface area contributed by atoms with Crippen molar-refractivity contribution in [3.05, 3.63) is 95.6 Å². The van der Waals surface area contributed by atoms with Crippen LogP contribution < -0.4 is 10.1 Å².